The Morgan fingerprint density at radius 3 is 2.61 bits per heavy atom. The van der Waals surface area contributed by atoms with Gasteiger partial charge in [0.05, 0.1) is 24.8 Å². The van der Waals surface area contributed by atoms with E-state index in [-0.39, 0.29) is 31.6 Å². The van der Waals surface area contributed by atoms with Crippen LogP contribution in [0.25, 0.3) is 0 Å². The number of nitrogens with zero attached hydrogens (tertiary/aromatic N) is 4. The van der Waals surface area contributed by atoms with Crippen LogP contribution >= 0.6 is 0 Å². The molecule has 3 aliphatic heterocycles. The largest absolute Gasteiger partial charge is 0.454 e. The van der Waals surface area contributed by atoms with Gasteiger partial charge in [-0.25, -0.2) is 0 Å². The summed E-state index contributed by atoms with van der Waals surface area (Å²) in [5.41, 5.74) is -0.730. The maximum Gasteiger partial charge on any atom is 0.416 e. The average molecular weight is 505 g/mol. The van der Waals surface area contributed by atoms with Gasteiger partial charge in [-0.2, -0.15) is 17.9 Å². The predicted molar refractivity (Wildman–Crippen MR) is 112 cm³/mol. The Morgan fingerprint density at radius 1 is 1.03 bits per heavy atom. The number of ether oxygens (including phenoxy) is 5. The Bertz CT molecular complexity index is 1280. The fourth-order valence-electron chi connectivity index (χ4n) is 4.38. The lowest BCUT2D eigenvalue weighted by atomic mass is 10.1. The lowest BCUT2D eigenvalue weighted by Crippen LogP contribution is -2.44. The highest BCUT2D eigenvalue weighted by Gasteiger charge is 2.50. The number of carbonyl (C=O) groups excluding carboxylic acids is 1. The van der Waals surface area contributed by atoms with Crippen molar-refractivity contribution in [1.29, 1.82) is 0 Å². The van der Waals surface area contributed by atoms with Crippen molar-refractivity contribution >= 4 is 5.91 Å². The highest BCUT2D eigenvalue weighted by atomic mass is 19.4. The van der Waals surface area contributed by atoms with Crippen LogP contribution in [0.5, 0.6) is 23.3 Å². The summed E-state index contributed by atoms with van der Waals surface area (Å²) in [6.07, 6.45) is -5.46. The number of aromatic nitrogens is 4. The van der Waals surface area contributed by atoms with Crippen molar-refractivity contribution in [3.8, 4) is 23.3 Å². The van der Waals surface area contributed by atoms with Gasteiger partial charge in [0, 0.05) is 11.6 Å². The molecule has 14 heteroatoms. The van der Waals surface area contributed by atoms with Crippen molar-refractivity contribution < 1.29 is 41.7 Å². The zero-order chi connectivity index (χ0) is 24.9. The van der Waals surface area contributed by atoms with Crippen LogP contribution in [0.3, 0.4) is 0 Å². The number of carbonyl (C=O) groups is 1. The molecule has 0 aliphatic carbocycles. The Labute approximate surface area is 201 Å². The molecular weight excluding hydrogens is 487 g/mol. The standard InChI is InChI=1S/C22H18F3N5O6/c23-22(24,25)12-3-1-11(2-4-12)20(31)26-14-8-32-19-15(9-33-18(14)19)30-21(27-28-29-30)36-13-5-6-16-17(7-13)35-10-34-16/h1-7,14-15,18-19H,8-10H2,(H,26,31)/t14-,15+,18-,19+/m1/s1. The van der Waals surface area contributed by atoms with E-state index in [2.05, 4.69) is 20.8 Å². The molecule has 1 amide bonds. The number of halogens is 3. The Hall–Kier alpha value is -3.91. The smallest absolute Gasteiger partial charge is 0.416 e. The number of benzene rings is 2. The molecular formula is C22H18F3N5O6. The van der Waals surface area contributed by atoms with Gasteiger partial charge in [-0.1, -0.05) is 5.10 Å². The van der Waals surface area contributed by atoms with Gasteiger partial charge in [-0.05, 0) is 46.8 Å². The van der Waals surface area contributed by atoms with Crippen molar-refractivity contribution in [2.45, 2.75) is 30.5 Å². The molecule has 6 rings (SSSR count). The zero-order valence-corrected chi connectivity index (χ0v) is 18.3. The van der Waals surface area contributed by atoms with Gasteiger partial charge in [-0.3, -0.25) is 4.79 Å². The fraction of sp³-hybridized carbons (Fsp3) is 0.364. The molecule has 0 spiro atoms. The minimum absolute atomic E-state index is 0.0980. The fourth-order valence-corrected chi connectivity index (χ4v) is 4.38. The van der Waals surface area contributed by atoms with Crippen LogP contribution in [-0.2, 0) is 15.7 Å². The summed E-state index contributed by atoms with van der Waals surface area (Å²) in [5, 5.41) is 14.4. The van der Waals surface area contributed by atoms with E-state index in [1.165, 1.54) is 4.68 Å². The van der Waals surface area contributed by atoms with Crippen LogP contribution in [0.1, 0.15) is 22.0 Å². The summed E-state index contributed by atoms with van der Waals surface area (Å²) in [4.78, 5) is 12.6. The minimum Gasteiger partial charge on any atom is -0.454 e. The Balaban J connectivity index is 1.12. The number of hydrogen-bond donors (Lipinski definition) is 1. The highest BCUT2D eigenvalue weighted by molar-refractivity contribution is 5.94. The van der Waals surface area contributed by atoms with Crippen LogP contribution in [0.2, 0.25) is 0 Å². The molecule has 1 aromatic heterocycles. The summed E-state index contributed by atoms with van der Waals surface area (Å²) >= 11 is 0. The molecule has 36 heavy (non-hydrogen) atoms. The number of tetrazole rings is 1. The number of fused-ring (bicyclic) bond motifs is 2. The molecule has 3 aromatic rings. The van der Waals surface area contributed by atoms with Gasteiger partial charge < -0.3 is 29.0 Å². The average Bonchev–Trinajstić information content (AvgIpc) is 3.64. The van der Waals surface area contributed by atoms with E-state index < -0.39 is 41.9 Å². The summed E-state index contributed by atoms with van der Waals surface area (Å²) in [6.45, 7) is 0.482. The van der Waals surface area contributed by atoms with E-state index in [0.29, 0.717) is 17.2 Å². The van der Waals surface area contributed by atoms with Gasteiger partial charge in [0.25, 0.3) is 5.91 Å². The van der Waals surface area contributed by atoms with Crippen LogP contribution in [0.4, 0.5) is 13.2 Å². The van der Waals surface area contributed by atoms with Crippen molar-refractivity contribution in [3.05, 3.63) is 53.6 Å². The topological polar surface area (TPSA) is 119 Å². The molecule has 4 atom stereocenters. The first-order valence-corrected chi connectivity index (χ1v) is 10.9. The molecule has 2 saturated heterocycles. The van der Waals surface area contributed by atoms with Gasteiger partial charge in [0.2, 0.25) is 6.79 Å². The first-order valence-electron chi connectivity index (χ1n) is 10.9. The molecule has 0 saturated carbocycles. The van der Waals surface area contributed by atoms with Crippen LogP contribution in [0.15, 0.2) is 42.5 Å². The van der Waals surface area contributed by atoms with Crippen LogP contribution in [0, 0.1) is 0 Å². The third-order valence-electron chi connectivity index (χ3n) is 6.15. The monoisotopic (exact) mass is 505 g/mol. The maximum absolute atomic E-state index is 12.8. The minimum atomic E-state index is -4.48. The lowest BCUT2D eigenvalue weighted by molar-refractivity contribution is -0.137. The first-order chi connectivity index (χ1) is 17.4. The Morgan fingerprint density at radius 2 is 1.81 bits per heavy atom. The van der Waals surface area contributed by atoms with Crippen molar-refractivity contribution in [2.24, 2.45) is 0 Å². The predicted octanol–water partition coefficient (Wildman–Crippen LogP) is 2.35. The van der Waals surface area contributed by atoms with Gasteiger partial charge in [0.15, 0.2) is 11.5 Å². The maximum atomic E-state index is 12.8. The van der Waals surface area contributed by atoms with Gasteiger partial charge in [-0.15, -0.1) is 0 Å². The van der Waals surface area contributed by atoms with E-state index in [4.69, 9.17) is 23.7 Å². The van der Waals surface area contributed by atoms with Crippen molar-refractivity contribution in [1.82, 2.24) is 25.5 Å². The van der Waals surface area contributed by atoms with Gasteiger partial charge >= 0.3 is 12.2 Å². The van der Waals surface area contributed by atoms with Gasteiger partial charge in [0.1, 0.15) is 24.0 Å². The molecule has 0 unspecified atom stereocenters. The number of rotatable bonds is 5. The number of alkyl halides is 3. The highest BCUT2D eigenvalue weighted by Crippen LogP contribution is 2.38. The Kier molecular flexibility index (Phi) is 5.41. The summed E-state index contributed by atoms with van der Waals surface area (Å²) in [5.74, 6) is 1.07. The van der Waals surface area contributed by atoms with E-state index in [1.807, 2.05) is 0 Å². The lowest BCUT2D eigenvalue weighted by Gasteiger charge is -2.18. The molecule has 11 nitrogen and oxygen atoms in total. The molecule has 1 N–H and O–H groups in total. The second-order valence-corrected chi connectivity index (χ2v) is 8.34. The second kappa shape index (κ2) is 8.64. The molecule has 2 fully saturated rings. The molecule has 0 bridgehead atoms. The normalized spacial score (nSPS) is 24.5. The van der Waals surface area contributed by atoms with E-state index in [0.717, 1.165) is 24.3 Å². The summed E-state index contributed by atoms with van der Waals surface area (Å²) in [6, 6.07) is 8.23. The van der Waals surface area contributed by atoms with E-state index in [9.17, 15) is 18.0 Å². The third-order valence-corrected chi connectivity index (χ3v) is 6.15. The van der Waals surface area contributed by atoms with E-state index >= 15 is 0 Å². The number of amides is 1. The van der Waals surface area contributed by atoms with Crippen LogP contribution < -0.4 is 19.5 Å². The molecule has 3 aliphatic rings. The van der Waals surface area contributed by atoms with Crippen molar-refractivity contribution in [2.75, 3.05) is 20.0 Å². The quantitative estimate of drug-likeness (QED) is 0.557. The molecule has 4 heterocycles. The second-order valence-electron chi connectivity index (χ2n) is 8.34. The number of nitrogens with one attached hydrogen (secondary N) is 1. The third kappa shape index (κ3) is 4.07. The molecule has 188 valence electrons. The van der Waals surface area contributed by atoms with Crippen LogP contribution in [-0.4, -0.2) is 64.4 Å². The number of hydrogen-bond acceptors (Lipinski definition) is 9. The van der Waals surface area contributed by atoms with Crippen molar-refractivity contribution in [3.63, 3.8) is 0 Å². The summed E-state index contributed by atoms with van der Waals surface area (Å²) in [7, 11) is 0. The summed E-state index contributed by atoms with van der Waals surface area (Å²) < 4.78 is 68.1. The zero-order valence-electron chi connectivity index (χ0n) is 18.3. The molecule has 0 radical (unpaired) electrons. The SMILES string of the molecule is O=C(N[C@@H]1CO[C@@H]2[C@@H]1OC[C@@H]2n1nnnc1Oc1ccc2c(c1)OCO2)c1ccc(C(F)(F)F)cc1. The van der Waals surface area contributed by atoms with E-state index in [1.54, 1.807) is 18.2 Å². The first kappa shape index (κ1) is 22.5. The molecule has 2 aromatic carbocycles.